The highest BCUT2D eigenvalue weighted by molar-refractivity contribution is 9.10. The van der Waals surface area contributed by atoms with Crippen molar-refractivity contribution in [2.75, 3.05) is 44.7 Å². The molecule has 0 radical (unpaired) electrons. The van der Waals surface area contributed by atoms with Gasteiger partial charge in [-0.1, -0.05) is 15.9 Å². The minimum atomic E-state index is -3.62. The van der Waals surface area contributed by atoms with Gasteiger partial charge in [0, 0.05) is 49.3 Å². The van der Waals surface area contributed by atoms with Crippen molar-refractivity contribution in [2.24, 2.45) is 0 Å². The number of sulfonamides is 1. The lowest BCUT2D eigenvalue weighted by molar-refractivity contribution is -0.130. The Balaban J connectivity index is 1.49. The summed E-state index contributed by atoms with van der Waals surface area (Å²) >= 11 is 3.29. The van der Waals surface area contributed by atoms with Gasteiger partial charge in [0.05, 0.1) is 12.0 Å². The van der Waals surface area contributed by atoms with Crippen LogP contribution in [0.1, 0.15) is 12.8 Å². The van der Waals surface area contributed by atoms with E-state index in [0.717, 1.165) is 35.4 Å². The standard InChI is InChI=1S/C21H26BrN3O4S/c1-29-19-7-5-18(6-8-19)24-13-2-14-25(16-15-24)21(26)11-12-23-30(27,28)20-9-3-17(22)4-10-20/h3-10,23H,2,11-16H2,1H3. The van der Waals surface area contributed by atoms with Crippen LogP contribution in [0.25, 0.3) is 0 Å². The summed E-state index contributed by atoms with van der Waals surface area (Å²) in [7, 11) is -1.98. The molecule has 1 heterocycles. The van der Waals surface area contributed by atoms with E-state index in [-0.39, 0.29) is 23.8 Å². The molecule has 1 aliphatic rings. The Morgan fingerprint density at radius 3 is 2.40 bits per heavy atom. The zero-order chi connectivity index (χ0) is 21.6. The van der Waals surface area contributed by atoms with Gasteiger partial charge in [-0.3, -0.25) is 4.79 Å². The van der Waals surface area contributed by atoms with Gasteiger partial charge in [0.2, 0.25) is 15.9 Å². The third-order valence-corrected chi connectivity index (χ3v) is 7.05. The normalized spacial score (nSPS) is 15.0. The topological polar surface area (TPSA) is 79.0 Å². The van der Waals surface area contributed by atoms with Crippen LogP contribution in [0.5, 0.6) is 5.75 Å². The predicted octanol–water partition coefficient (Wildman–Crippen LogP) is 2.87. The molecule has 0 atom stereocenters. The number of anilines is 1. The number of amides is 1. The first-order chi connectivity index (χ1) is 14.4. The molecule has 1 saturated heterocycles. The molecule has 162 valence electrons. The van der Waals surface area contributed by atoms with Crippen LogP contribution in [0.3, 0.4) is 0 Å². The van der Waals surface area contributed by atoms with Crippen LogP contribution in [-0.2, 0) is 14.8 Å². The number of benzene rings is 2. The van der Waals surface area contributed by atoms with Crippen molar-refractivity contribution >= 4 is 37.5 Å². The monoisotopic (exact) mass is 495 g/mol. The van der Waals surface area contributed by atoms with Crippen molar-refractivity contribution in [3.8, 4) is 5.75 Å². The molecule has 0 spiro atoms. The number of hydrogen-bond donors (Lipinski definition) is 1. The maximum Gasteiger partial charge on any atom is 0.240 e. The fourth-order valence-electron chi connectivity index (χ4n) is 3.37. The minimum Gasteiger partial charge on any atom is -0.497 e. The molecule has 0 aromatic heterocycles. The Labute approximate surface area is 186 Å². The van der Waals surface area contributed by atoms with Crippen LogP contribution >= 0.6 is 15.9 Å². The third kappa shape index (κ3) is 5.96. The van der Waals surface area contributed by atoms with Crippen molar-refractivity contribution < 1.29 is 17.9 Å². The number of nitrogens with zero attached hydrogens (tertiary/aromatic N) is 2. The van der Waals surface area contributed by atoms with Crippen LogP contribution in [0.15, 0.2) is 57.9 Å². The Morgan fingerprint density at radius 2 is 1.73 bits per heavy atom. The second-order valence-corrected chi connectivity index (χ2v) is 9.70. The van der Waals surface area contributed by atoms with E-state index in [0.29, 0.717) is 13.1 Å². The van der Waals surface area contributed by atoms with Crippen LogP contribution in [-0.4, -0.2) is 59.1 Å². The molecule has 0 unspecified atom stereocenters. The first-order valence-corrected chi connectivity index (χ1v) is 12.1. The van der Waals surface area contributed by atoms with Gasteiger partial charge in [-0.05, 0) is 55.0 Å². The maximum absolute atomic E-state index is 12.6. The molecule has 9 heteroatoms. The van der Waals surface area contributed by atoms with Crippen molar-refractivity contribution in [1.82, 2.24) is 9.62 Å². The van der Waals surface area contributed by atoms with E-state index in [9.17, 15) is 13.2 Å². The lowest BCUT2D eigenvalue weighted by Gasteiger charge is -2.24. The predicted molar refractivity (Wildman–Crippen MR) is 120 cm³/mol. The number of hydrogen-bond acceptors (Lipinski definition) is 5. The molecule has 2 aromatic rings. The molecule has 1 amide bonds. The maximum atomic E-state index is 12.6. The smallest absolute Gasteiger partial charge is 0.240 e. The second kappa shape index (κ2) is 10.3. The molecular formula is C21H26BrN3O4S. The van der Waals surface area contributed by atoms with Crippen LogP contribution in [0, 0.1) is 0 Å². The quantitative estimate of drug-likeness (QED) is 0.638. The molecule has 1 fully saturated rings. The van der Waals surface area contributed by atoms with Crippen LogP contribution < -0.4 is 14.4 Å². The number of halogens is 1. The summed E-state index contributed by atoms with van der Waals surface area (Å²) in [6.45, 7) is 2.97. The number of ether oxygens (including phenoxy) is 1. The van der Waals surface area contributed by atoms with Gasteiger partial charge >= 0.3 is 0 Å². The van der Waals surface area contributed by atoms with Crippen molar-refractivity contribution in [2.45, 2.75) is 17.7 Å². The summed E-state index contributed by atoms with van der Waals surface area (Å²) in [4.78, 5) is 16.8. The summed E-state index contributed by atoms with van der Waals surface area (Å²) in [5, 5.41) is 0. The first-order valence-electron chi connectivity index (χ1n) is 9.81. The molecule has 1 N–H and O–H groups in total. The first kappa shape index (κ1) is 22.6. The molecule has 30 heavy (non-hydrogen) atoms. The van der Waals surface area contributed by atoms with E-state index in [1.54, 1.807) is 19.2 Å². The van der Waals surface area contributed by atoms with Gasteiger partial charge in [0.25, 0.3) is 0 Å². The van der Waals surface area contributed by atoms with Crippen LogP contribution in [0.4, 0.5) is 5.69 Å². The van der Waals surface area contributed by atoms with Gasteiger partial charge in [0.1, 0.15) is 5.75 Å². The number of carbonyl (C=O) groups is 1. The number of rotatable bonds is 7. The molecule has 0 bridgehead atoms. The van der Waals surface area contributed by atoms with E-state index >= 15 is 0 Å². The van der Waals surface area contributed by atoms with Gasteiger partial charge in [-0.25, -0.2) is 13.1 Å². The minimum absolute atomic E-state index is 0.0370. The summed E-state index contributed by atoms with van der Waals surface area (Å²) < 4.78 is 33.2. The molecule has 0 saturated carbocycles. The number of carbonyl (C=O) groups excluding carboxylic acids is 1. The van der Waals surface area contributed by atoms with Gasteiger partial charge < -0.3 is 14.5 Å². The molecule has 0 aliphatic carbocycles. The van der Waals surface area contributed by atoms with Gasteiger partial charge in [0.15, 0.2) is 0 Å². The molecular weight excluding hydrogens is 470 g/mol. The number of nitrogens with one attached hydrogen (secondary N) is 1. The van der Waals surface area contributed by atoms with E-state index < -0.39 is 10.0 Å². The highest BCUT2D eigenvalue weighted by Gasteiger charge is 2.20. The highest BCUT2D eigenvalue weighted by atomic mass is 79.9. The van der Waals surface area contributed by atoms with E-state index in [1.165, 1.54) is 12.1 Å². The third-order valence-electron chi connectivity index (χ3n) is 5.04. The highest BCUT2D eigenvalue weighted by Crippen LogP contribution is 2.21. The lowest BCUT2D eigenvalue weighted by Crippen LogP contribution is -2.37. The number of methoxy groups -OCH3 is 1. The Hall–Kier alpha value is -2.10. The Bertz CT molecular complexity index is 949. The molecule has 3 rings (SSSR count). The largest absolute Gasteiger partial charge is 0.497 e. The molecule has 2 aromatic carbocycles. The van der Waals surface area contributed by atoms with E-state index in [1.807, 2.05) is 29.2 Å². The summed E-state index contributed by atoms with van der Waals surface area (Å²) in [5.41, 5.74) is 1.10. The lowest BCUT2D eigenvalue weighted by atomic mass is 10.2. The Kier molecular flexibility index (Phi) is 7.74. The zero-order valence-corrected chi connectivity index (χ0v) is 19.3. The fourth-order valence-corrected chi connectivity index (χ4v) is 4.66. The fraction of sp³-hybridized carbons (Fsp3) is 0.381. The second-order valence-electron chi connectivity index (χ2n) is 7.02. The van der Waals surface area contributed by atoms with Crippen LogP contribution in [0.2, 0.25) is 0 Å². The molecule has 1 aliphatic heterocycles. The summed E-state index contributed by atoms with van der Waals surface area (Å²) in [5.74, 6) is 0.779. The van der Waals surface area contributed by atoms with Crippen molar-refractivity contribution in [3.05, 3.63) is 53.0 Å². The average Bonchev–Trinajstić information content (AvgIpc) is 3.00. The average molecular weight is 496 g/mol. The Morgan fingerprint density at radius 1 is 1.03 bits per heavy atom. The van der Waals surface area contributed by atoms with E-state index in [2.05, 4.69) is 25.6 Å². The van der Waals surface area contributed by atoms with Gasteiger partial charge in [-0.2, -0.15) is 0 Å². The van der Waals surface area contributed by atoms with Crippen molar-refractivity contribution in [3.63, 3.8) is 0 Å². The summed E-state index contributed by atoms with van der Waals surface area (Å²) in [6, 6.07) is 14.3. The molecule has 7 nitrogen and oxygen atoms in total. The zero-order valence-electron chi connectivity index (χ0n) is 16.9. The van der Waals surface area contributed by atoms with Gasteiger partial charge in [-0.15, -0.1) is 0 Å². The van der Waals surface area contributed by atoms with E-state index in [4.69, 9.17) is 4.74 Å². The van der Waals surface area contributed by atoms with Crippen molar-refractivity contribution in [1.29, 1.82) is 0 Å². The SMILES string of the molecule is COc1ccc(N2CCCN(C(=O)CCNS(=O)(=O)c3ccc(Br)cc3)CC2)cc1. The summed E-state index contributed by atoms with van der Waals surface area (Å²) in [6.07, 6.45) is 1.00.